The number of aromatic nitrogens is 2. The molecule has 0 aliphatic rings. The van der Waals surface area contributed by atoms with Crippen molar-refractivity contribution in [3.63, 3.8) is 0 Å². The predicted octanol–water partition coefficient (Wildman–Crippen LogP) is 2.38. The Balaban J connectivity index is 2.60. The molecule has 0 radical (unpaired) electrons. The van der Waals surface area contributed by atoms with Crippen LogP contribution in [0.4, 0.5) is 0 Å². The van der Waals surface area contributed by atoms with E-state index in [0.717, 1.165) is 16.9 Å². The van der Waals surface area contributed by atoms with Crippen molar-refractivity contribution in [3.05, 3.63) is 29.0 Å². The molecule has 0 amide bonds. The van der Waals surface area contributed by atoms with Gasteiger partial charge in [0, 0.05) is 5.02 Å². The van der Waals surface area contributed by atoms with Crippen LogP contribution in [0.5, 0.6) is 0 Å². The highest BCUT2D eigenvalue weighted by atomic mass is 35.5. The van der Waals surface area contributed by atoms with Crippen LogP contribution in [-0.2, 0) is 6.54 Å². The summed E-state index contributed by atoms with van der Waals surface area (Å²) >= 11 is 5.93. The minimum Gasteiger partial charge on any atom is -0.392 e. The summed E-state index contributed by atoms with van der Waals surface area (Å²) < 4.78 is 1.98. The number of imidazole rings is 1. The second-order valence-corrected chi connectivity index (χ2v) is 4.19. The highest BCUT2D eigenvalue weighted by Gasteiger charge is 2.09. The number of rotatable bonds is 2. The Morgan fingerprint density at radius 2 is 2.27 bits per heavy atom. The summed E-state index contributed by atoms with van der Waals surface area (Å²) in [5.41, 5.74) is 1.89. The van der Waals surface area contributed by atoms with E-state index < -0.39 is 0 Å². The number of aryl methyl sites for hydroxylation is 1. The molecule has 1 N–H and O–H groups in total. The molecule has 80 valence electrons. The summed E-state index contributed by atoms with van der Waals surface area (Å²) in [6.07, 6.45) is -0.389. The molecule has 1 aromatic heterocycles. The molecule has 0 bridgehead atoms. The lowest BCUT2D eigenvalue weighted by atomic mass is 10.3. The number of benzene rings is 1. The SMILES string of the molecule is Cc1nc2ccc(Cl)cc2n1CC(C)O. The molecule has 0 saturated carbocycles. The average molecular weight is 225 g/mol. The number of halogens is 1. The Morgan fingerprint density at radius 3 is 2.93 bits per heavy atom. The number of hydrogen-bond donors (Lipinski definition) is 1. The lowest BCUT2D eigenvalue weighted by Crippen LogP contribution is -2.12. The predicted molar refractivity (Wildman–Crippen MR) is 61.2 cm³/mol. The summed E-state index contributed by atoms with van der Waals surface area (Å²) in [5, 5.41) is 10.1. The Hall–Kier alpha value is -1.06. The third kappa shape index (κ3) is 1.98. The molecule has 0 saturated heterocycles. The molecule has 2 rings (SSSR count). The molecule has 0 spiro atoms. The smallest absolute Gasteiger partial charge is 0.106 e. The van der Waals surface area contributed by atoms with Crippen molar-refractivity contribution >= 4 is 22.6 Å². The number of fused-ring (bicyclic) bond motifs is 1. The Kier molecular flexibility index (Phi) is 2.67. The monoisotopic (exact) mass is 224 g/mol. The fraction of sp³-hybridized carbons (Fsp3) is 0.364. The zero-order valence-electron chi connectivity index (χ0n) is 8.74. The van der Waals surface area contributed by atoms with Crippen molar-refractivity contribution in [1.29, 1.82) is 0 Å². The lowest BCUT2D eigenvalue weighted by molar-refractivity contribution is 0.174. The molecule has 2 aromatic rings. The third-order valence-corrected chi connectivity index (χ3v) is 2.58. The third-order valence-electron chi connectivity index (χ3n) is 2.35. The van der Waals surface area contributed by atoms with Crippen molar-refractivity contribution in [3.8, 4) is 0 Å². The van der Waals surface area contributed by atoms with Crippen LogP contribution in [0.2, 0.25) is 5.02 Å². The largest absolute Gasteiger partial charge is 0.392 e. The van der Waals surface area contributed by atoms with Gasteiger partial charge in [-0.3, -0.25) is 0 Å². The van der Waals surface area contributed by atoms with Gasteiger partial charge in [0.15, 0.2) is 0 Å². The van der Waals surface area contributed by atoms with Crippen molar-refractivity contribution in [1.82, 2.24) is 9.55 Å². The maximum absolute atomic E-state index is 9.40. The van der Waals surface area contributed by atoms with Crippen LogP contribution in [0, 0.1) is 6.92 Å². The molecule has 1 aromatic carbocycles. The van der Waals surface area contributed by atoms with Crippen molar-refractivity contribution in [2.45, 2.75) is 26.5 Å². The molecule has 0 aliphatic carbocycles. The number of hydrogen-bond acceptors (Lipinski definition) is 2. The summed E-state index contributed by atoms with van der Waals surface area (Å²) in [5.74, 6) is 0.896. The first kappa shape index (κ1) is 10.5. The Morgan fingerprint density at radius 1 is 1.53 bits per heavy atom. The van der Waals surface area contributed by atoms with Gasteiger partial charge in [0.1, 0.15) is 5.82 Å². The molecule has 0 fully saturated rings. The first-order chi connectivity index (χ1) is 7.08. The van der Waals surface area contributed by atoms with Crippen molar-refractivity contribution < 1.29 is 5.11 Å². The molecule has 1 unspecified atom stereocenters. The number of nitrogens with zero attached hydrogens (tertiary/aromatic N) is 2. The zero-order valence-corrected chi connectivity index (χ0v) is 9.49. The maximum atomic E-state index is 9.40. The summed E-state index contributed by atoms with van der Waals surface area (Å²) in [4.78, 5) is 4.40. The molecule has 3 nitrogen and oxygen atoms in total. The quantitative estimate of drug-likeness (QED) is 0.851. The van der Waals surface area contributed by atoms with Gasteiger partial charge >= 0.3 is 0 Å². The minimum absolute atomic E-state index is 0.389. The Bertz CT molecular complexity index is 491. The van der Waals surface area contributed by atoms with E-state index in [1.807, 2.05) is 29.7 Å². The van der Waals surface area contributed by atoms with Crippen molar-refractivity contribution in [2.24, 2.45) is 0 Å². The second-order valence-electron chi connectivity index (χ2n) is 3.75. The van der Waals surface area contributed by atoms with E-state index in [-0.39, 0.29) is 6.10 Å². The average Bonchev–Trinajstić information content (AvgIpc) is 2.43. The van der Waals surface area contributed by atoms with E-state index in [4.69, 9.17) is 11.6 Å². The number of aliphatic hydroxyl groups is 1. The molecule has 4 heteroatoms. The summed E-state index contributed by atoms with van der Waals surface area (Å²) in [6, 6.07) is 5.59. The number of aliphatic hydroxyl groups excluding tert-OH is 1. The van der Waals surface area contributed by atoms with Crippen LogP contribution >= 0.6 is 11.6 Å². The first-order valence-electron chi connectivity index (χ1n) is 4.88. The topological polar surface area (TPSA) is 38.0 Å². The zero-order chi connectivity index (χ0) is 11.0. The Labute approximate surface area is 93.3 Å². The fourth-order valence-electron chi connectivity index (χ4n) is 1.71. The van der Waals surface area contributed by atoms with Gasteiger partial charge in [-0.2, -0.15) is 0 Å². The van der Waals surface area contributed by atoms with Crippen LogP contribution in [0.25, 0.3) is 11.0 Å². The van der Waals surface area contributed by atoms with Gasteiger partial charge in [0.25, 0.3) is 0 Å². The van der Waals surface area contributed by atoms with Crippen LogP contribution < -0.4 is 0 Å². The molecule has 1 heterocycles. The summed E-state index contributed by atoms with van der Waals surface area (Å²) in [6.45, 7) is 4.23. The van der Waals surface area contributed by atoms with Gasteiger partial charge in [-0.15, -0.1) is 0 Å². The van der Waals surface area contributed by atoms with Gasteiger partial charge in [0.05, 0.1) is 23.7 Å². The van der Waals surface area contributed by atoms with Gasteiger partial charge < -0.3 is 9.67 Å². The maximum Gasteiger partial charge on any atom is 0.106 e. The first-order valence-corrected chi connectivity index (χ1v) is 5.26. The fourth-order valence-corrected chi connectivity index (χ4v) is 1.88. The normalized spacial score (nSPS) is 13.3. The van der Waals surface area contributed by atoms with E-state index in [2.05, 4.69) is 4.98 Å². The molecular weight excluding hydrogens is 212 g/mol. The standard InChI is InChI=1S/C11H13ClN2O/c1-7(15)6-14-8(2)13-10-4-3-9(12)5-11(10)14/h3-5,7,15H,6H2,1-2H3. The van der Waals surface area contributed by atoms with Crippen LogP contribution in [0.1, 0.15) is 12.7 Å². The van der Waals surface area contributed by atoms with E-state index in [0.29, 0.717) is 11.6 Å². The molecule has 1 atom stereocenters. The molecule has 0 aliphatic heterocycles. The van der Waals surface area contributed by atoms with Gasteiger partial charge in [0.2, 0.25) is 0 Å². The summed E-state index contributed by atoms with van der Waals surface area (Å²) in [7, 11) is 0. The van der Waals surface area contributed by atoms with Crippen LogP contribution in [-0.4, -0.2) is 20.8 Å². The van der Waals surface area contributed by atoms with E-state index in [1.54, 1.807) is 6.92 Å². The van der Waals surface area contributed by atoms with Crippen molar-refractivity contribution in [2.75, 3.05) is 0 Å². The minimum atomic E-state index is -0.389. The highest BCUT2D eigenvalue weighted by Crippen LogP contribution is 2.20. The van der Waals surface area contributed by atoms with Gasteiger partial charge in [-0.05, 0) is 32.0 Å². The van der Waals surface area contributed by atoms with E-state index >= 15 is 0 Å². The molecule has 15 heavy (non-hydrogen) atoms. The van der Waals surface area contributed by atoms with Crippen LogP contribution in [0.15, 0.2) is 18.2 Å². The molecular formula is C11H13ClN2O. The van der Waals surface area contributed by atoms with E-state index in [9.17, 15) is 5.11 Å². The van der Waals surface area contributed by atoms with Gasteiger partial charge in [-0.1, -0.05) is 11.6 Å². The highest BCUT2D eigenvalue weighted by molar-refractivity contribution is 6.31. The second kappa shape index (κ2) is 3.83. The van der Waals surface area contributed by atoms with Gasteiger partial charge in [-0.25, -0.2) is 4.98 Å². The van der Waals surface area contributed by atoms with E-state index in [1.165, 1.54) is 0 Å². The lowest BCUT2D eigenvalue weighted by Gasteiger charge is -2.08. The van der Waals surface area contributed by atoms with Crippen LogP contribution in [0.3, 0.4) is 0 Å².